The molecule has 1 heterocycles. The minimum Gasteiger partial charge on any atom is -0.480 e. The minimum absolute atomic E-state index is 0.0190. The average Bonchev–Trinajstić information content (AvgIpc) is 2.29. The maximum Gasteiger partial charge on any atom is 0.329 e. The van der Waals surface area contributed by atoms with Crippen LogP contribution in [0.25, 0.3) is 0 Å². The van der Waals surface area contributed by atoms with Crippen molar-refractivity contribution in [2.45, 2.75) is 19.4 Å². The van der Waals surface area contributed by atoms with Gasteiger partial charge in [-0.1, -0.05) is 0 Å². The van der Waals surface area contributed by atoms with Crippen LogP contribution in [0.4, 0.5) is 10.7 Å². The Morgan fingerprint density at radius 2 is 2.06 bits per heavy atom. The number of carbonyl (C=O) groups excluding carboxylic acids is 1. The first-order chi connectivity index (χ1) is 7.85. The number of amides is 2. The number of nitrogens with one attached hydrogen (secondary N) is 1. The molecule has 0 spiro atoms. The highest BCUT2D eigenvalue weighted by molar-refractivity contribution is 5.92. The number of urea groups is 1. The molecule has 1 aromatic heterocycles. The molecule has 17 heavy (non-hydrogen) atoms. The summed E-state index contributed by atoms with van der Waals surface area (Å²) in [4.78, 5) is 27.5. The van der Waals surface area contributed by atoms with Crippen molar-refractivity contribution < 1.29 is 14.7 Å². The molecule has 0 aliphatic carbocycles. The van der Waals surface area contributed by atoms with Gasteiger partial charge in [-0.2, -0.15) is 5.10 Å². The van der Waals surface area contributed by atoms with Crippen molar-refractivity contribution in [3.05, 3.63) is 12.4 Å². The zero-order chi connectivity index (χ0) is 13.1. The van der Waals surface area contributed by atoms with Gasteiger partial charge in [0.25, 0.3) is 5.95 Å². The van der Waals surface area contributed by atoms with Gasteiger partial charge >= 0.3 is 12.0 Å². The number of hydrogen-bond donors (Lipinski definition) is 2. The number of aromatic nitrogens is 3. The third-order valence-electron chi connectivity index (χ3n) is 2.37. The first kappa shape index (κ1) is 12.8. The zero-order valence-electron chi connectivity index (χ0n) is 9.71. The largest absolute Gasteiger partial charge is 0.480 e. The number of carboxylic acids is 1. The molecule has 0 saturated heterocycles. The minimum atomic E-state index is -1.33. The second kappa shape index (κ2) is 4.73. The van der Waals surface area contributed by atoms with E-state index in [1.807, 2.05) is 0 Å². The van der Waals surface area contributed by atoms with Gasteiger partial charge in [-0.15, -0.1) is 5.10 Å². The smallest absolute Gasteiger partial charge is 0.329 e. The number of carboxylic acid groups (broad SMARTS) is 1. The van der Waals surface area contributed by atoms with Crippen molar-refractivity contribution in [3.63, 3.8) is 0 Å². The van der Waals surface area contributed by atoms with E-state index in [2.05, 4.69) is 20.5 Å². The van der Waals surface area contributed by atoms with E-state index in [-0.39, 0.29) is 5.95 Å². The zero-order valence-corrected chi connectivity index (χ0v) is 9.71. The van der Waals surface area contributed by atoms with Crippen LogP contribution in [0.5, 0.6) is 0 Å². The molecular formula is C9H13N5O3. The second-order valence-electron chi connectivity index (χ2n) is 3.82. The number of hydrogen-bond acceptors (Lipinski definition) is 5. The van der Waals surface area contributed by atoms with Crippen LogP contribution < -0.4 is 5.32 Å². The standard InChI is InChI=1S/C9H13N5O3/c1-9(2,6(15)16)14(3)8(17)12-7-10-4-5-11-13-7/h4-5H,1-3H3,(H,15,16)(H,10,12,13,17). The lowest BCUT2D eigenvalue weighted by molar-refractivity contribution is -0.146. The van der Waals surface area contributed by atoms with Gasteiger partial charge in [0.2, 0.25) is 0 Å². The summed E-state index contributed by atoms with van der Waals surface area (Å²) in [6.07, 6.45) is 2.73. The molecule has 0 bridgehead atoms. The molecule has 2 N–H and O–H groups in total. The number of aliphatic carboxylic acids is 1. The third-order valence-corrected chi connectivity index (χ3v) is 2.37. The molecule has 0 unspecified atom stereocenters. The first-order valence-corrected chi connectivity index (χ1v) is 4.77. The van der Waals surface area contributed by atoms with Crippen LogP contribution in [0.15, 0.2) is 12.4 Å². The van der Waals surface area contributed by atoms with Gasteiger partial charge in [0.05, 0.1) is 12.4 Å². The molecule has 8 nitrogen and oxygen atoms in total. The lowest BCUT2D eigenvalue weighted by Gasteiger charge is -2.31. The molecule has 0 aliphatic rings. The number of anilines is 1. The van der Waals surface area contributed by atoms with E-state index >= 15 is 0 Å². The predicted octanol–water partition coefficient (Wildman–Crippen LogP) is 0.198. The molecule has 0 aromatic carbocycles. The Bertz CT molecular complexity index is 420. The molecule has 8 heteroatoms. The molecule has 92 valence electrons. The highest BCUT2D eigenvalue weighted by Gasteiger charge is 2.35. The summed E-state index contributed by atoms with van der Waals surface area (Å²) in [5, 5.41) is 18.4. The fraction of sp³-hybridized carbons (Fsp3) is 0.444. The molecular weight excluding hydrogens is 226 g/mol. The van der Waals surface area contributed by atoms with Crippen molar-refractivity contribution in [1.29, 1.82) is 0 Å². The summed E-state index contributed by atoms with van der Waals surface area (Å²) in [5.41, 5.74) is -1.33. The normalized spacial score (nSPS) is 10.8. The summed E-state index contributed by atoms with van der Waals surface area (Å²) >= 11 is 0. The lowest BCUT2D eigenvalue weighted by Crippen LogP contribution is -2.52. The fourth-order valence-electron chi connectivity index (χ4n) is 0.882. The molecule has 1 aromatic rings. The Labute approximate surface area is 97.7 Å². The van der Waals surface area contributed by atoms with Gasteiger partial charge in [0.15, 0.2) is 0 Å². The topological polar surface area (TPSA) is 108 Å². The van der Waals surface area contributed by atoms with Crippen LogP contribution in [0, 0.1) is 0 Å². The maximum absolute atomic E-state index is 11.7. The Balaban J connectivity index is 2.75. The quantitative estimate of drug-likeness (QED) is 0.779. The van der Waals surface area contributed by atoms with Crippen molar-refractivity contribution in [2.75, 3.05) is 12.4 Å². The second-order valence-corrected chi connectivity index (χ2v) is 3.82. The van der Waals surface area contributed by atoms with Gasteiger partial charge in [0, 0.05) is 7.05 Å². The van der Waals surface area contributed by atoms with Crippen LogP contribution in [-0.4, -0.2) is 49.8 Å². The van der Waals surface area contributed by atoms with E-state index < -0.39 is 17.5 Å². The SMILES string of the molecule is CN(C(=O)Nc1nccnn1)C(C)(C)C(=O)O. The van der Waals surface area contributed by atoms with E-state index in [4.69, 9.17) is 5.11 Å². The van der Waals surface area contributed by atoms with Crippen molar-refractivity contribution >= 4 is 17.9 Å². The van der Waals surface area contributed by atoms with Crippen molar-refractivity contribution in [1.82, 2.24) is 20.1 Å². The Kier molecular flexibility index (Phi) is 3.56. The van der Waals surface area contributed by atoms with Crippen LogP contribution in [0.1, 0.15) is 13.8 Å². The number of rotatable bonds is 3. The van der Waals surface area contributed by atoms with E-state index in [1.165, 1.54) is 33.3 Å². The Hall–Kier alpha value is -2.25. The summed E-state index contributed by atoms with van der Waals surface area (Å²) in [7, 11) is 1.37. The molecule has 0 saturated carbocycles. The molecule has 0 atom stereocenters. The van der Waals surface area contributed by atoms with Crippen LogP contribution in [0.3, 0.4) is 0 Å². The highest BCUT2D eigenvalue weighted by atomic mass is 16.4. The highest BCUT2D eigenvalue weighted by Crippen LogP contribution is 2.13. The molecule has 0 radical (unpaired) electrons. The third kappa shape index (κ3) is 2.86. The van der Waals surface area contributed by atoms with Crippen LogP contribution >= 0.6 is 0 Å². The molecule has 0 aliphatic heterocycles. The summed E-state index contributed by atoms with van der Waals surface area (Å²) < 4.78 is 0. The average molecular weight is 239 g/mol. The van der Waals surface area contributed by atoms with Gasteiger partial charge in [-0.3, -0.25) is 5.32 Å². The van der Waals surface area contributed by atoms with Crippen LogP contribution in [-0.2, 0) is 4.79 Å². The Morgan fingerprint density at radius 1 is 1.41 bits per heavy atom. The van der Waals surface area contributed by atoms with Gasteiger partial charge in [0.1, 0.15) is 5.54 Å². The summed E-state index contributed by atoms with van der Waals surface area (Å²) in [6, 6.07) is -0.620. The van der Waals surface area contributed by atoms with Gasteiger partial charge in [-0.05, 0) is 13.8 Å². The van der Waals surface area contributed by atoms with E-state index in [9.17, 15) is 9.59 Å². The molecule has 2 amide bonds. The number of nitrogens with zero attached hydrogens (tertiary/aromatic N) is 4. The van der Waals surface area contributed by atoms with E-state index in [1.54, 1.807) is 0 Å². The van der Waals surface area contributed by atoms with Crippen molar-refractivity contribution in [3.8, 4) is 0 Å². The summed E-state index contributed by atoms with van der Waals surface area (Å²) in [5.74, 6) is -1.09. The first-order valence-electron chi connectivity index (χ1n) is 4.77. The van der Waals surface area contributed by atoms with Gasteiger partial charge in [-0.25, -0.2) is 14.6 Å². The number of likely N-dealkylation sites (N-methyl/N-ethyl adjacent to an activating group) is 1. The molecule has 1 rings (SSSR count). The maximum atomic E-state index is 11.7. The van der Waals surface area contributed by atoms with E-state index in [0.717, 1.165) is 4.90 Å². The predicted molar refractivity (Wildman–Crippen MR) is 58.3 cm³/mol. The molecule has 0 fully saturated rings. The van der Waals surface area contributed by atoms with E-state index in [0.29, 0.717) is 0 Å². The van der Waals surface area contributed by atoms with Gasteiger partial charge < -0.3 is 10.0 Å². The van der Waals surface area contributed by atoms with Crippen molar-refractivity contribution in [2.24, 2.45) is 0 Å². The lowest BCUT2D eigenvalue weighted by atomic mass is 10.1. The monoisotopic (exact) mass is 239 g/mol. The fourth-order valence-corrected chi connectivity index (χ4v) is 0.882. The number of carbonyl (C=O) groups is 2. The van der Waals surface area contributed by atoms with Crippen LogP contribution in [0.2, 0.25) is 0 Å². The Morgan fingerprint density at radius 3 is 2.53 bits per heavy atom. The summed E-state index contributed by atoms with van der Waals surface area (Å²) in [6.45, 7) is 2.83.